The van der Waals surface area contributed by atoms with Crippen LogP contribution in [-0.2, 0) is 19.1 Å². The minimum atomic E-state index is -0.534. The van der Waals surface area contributed by atoms with E-state index in [2.05, 4.69) is 10.1 Å². The number of ketones is 1. The summed E-state index contributed by atoms with van der Waals surface area (Å²) in [5.41, 5.74) is -0.534. The molecule has 6 nitrogen and oxygen atoms in total. The topological polar surface area (TPSA) is 81.7 Å². The van der Waals surface area contributed by atoms with Gasteiger partial charge in [0.15, 0.2) is 0 Å². The fourth-order valence-corrected chi connectivity index (χ4v) is 1.83. The van der Waals surface area contributed by atoms with Crippen LogP contribution in [-0.4, -0.2) is 36.6 Å². The minimum Gasteiger partial charge on any atom is -0.469 e. The van der Waals surface area contributed by atoms with E-state index in [4.69, 9.17) is 4.74 Å². The molecule has 0 bridgehead atoms. The molecule has 1 amide bonds. The lowest BCUT2D eigenvalue weighted by Gasteiger charge is -2.35. The summed E-state index contributed by atoms with van der Waals surface area (Å²) in [6, 6.07) is -0.0542. The van der Waals surface area contributed by atoms with E-state index in [-0.39, 0.29) is 24.2 Å². The number of ether oxygens (including phenoxy) is 2. The molecule has 1 N–H and O–H groups in total. The highest BCUT2D eigenvalue weighted by Gasteiger charge is 2.36. The standard InChI is InChI=1S/C13H21NO5/c1-13(2,3)19-12(17)14-9-5-8(6-9)10(15)7-11(16)18-4/h8-9H,5-7H2,1-4H3,(H,14,17)/t8-,9+. The number of carbonyl (C=O) groups excluding carboxylic acids is 3. The number of esters is 1. The summed E-state index contributed by atoms with van der Waals surface area (Å²) in [6.07, 6.45) is 0.432. The average molecular weight is 271 g/mol. The predicted octanol–water partition coefficient (Wildman–Crippen LogP) is 1.42. The first kappa shape index (κ1) is 15.5. The number of hydrogen-bond donors (Lipinski definition) is 1. The van der Waals surface area contributed by atoms with Crippen LogP contribution < -0.4 is 5.32 Å². The van der Waals surface area contributed by atoms with Crippen molar-refractivity contribution in [3.8, 4) is 0 Å². The summed E-state index contributed by atoms with van der Waals surface area (Å²) in [4.78, 5) is 34.0. The third-order valence-electron chi connectivity index (χ3n) is 2.86. The van der Waals surface area contributed by atoms with Gasteiger partial charge >= 0.3 is 12.1 Å². The molecule has 1 aliphatic rings. The maximum atomic E-state index is 11.6. The molecule has 1 saturated carbocycles. The van der Waals surface area contributed by atoms with Gasteiger partial charge in [0, 0.05) is 12.0 Å². The van der Waals surface area contributed by atoms with Crippen molar-refractivity contribution >= 4 is 17.8 Å². The van der Waals surface area contributed by atoms with Gasteiger partial charge in [-0.05, 0) is 33.6 Å². The number of Topliss-reactive ketones (excluding diaryl/α,β-unsaturated/α-hetero) is 1. The number of amides is 1. The first-order valence-electron chi connectivity index (χ1n) is 6.30. The van der Waals surface area contributed by atoms with Crippen molar-refractivity contribution in [3.05, 3.63) is 0 Å². The maximum Gasteiger partial charge on any atom is 0.407 e. The predicted molar refractivity (Wildman–Crippen MR) is 67.5 cm³/mol. The van der Waals surface area contributed by atoms with Crippen molar-refractivity contribution in [1.29, 1.82) is 0 Å². The van der Waals surface area contributed by atoms with Gasteiger partial charge in [-0.3, -0.25) is 9.59 Å². The third-order valence-corrected chi connectivity index (χ3v) is 2.86. The van der Waals surface area contributed by atoms with E-state index in [0.717, 1.165) is 0 Å². The zero-order valence-corrected chi connectivity index (χ0v) is 11.8. The summed E-state index contributed by atoms with van der Waals surface area (Å²) in [5, 5.41) is 2.70. The lowest BCUT2D eigenvalue weighted by molar-refractivity contribution is -0.145. The number of alkyl carbamates (subject to hydrolysis) is 1. The van der Waals surface area contributed by atoms with Gasteiger partial charge in [-0.1, -0.05) is 0 Å². The van der Waals surface area contributed by atoms with E-state index in [1.54, 1.807) is 20.8 Å². The second-order valence-electron chi connectivity index (χ2n) is 5.73. The molecule has 0 aromatic rings. The molecular weight excluding hydrogens is 250 g/mol. The zero-order valence-electron chi connectivity index (χ0n) is 11.8. The van der Waals surface area contributed by atoms with Crippen LogP contribution >= 0.6 is 0 Å². The Morgan fingerprint density at radius 2 is 1.79 bits per heavy atom. The molecule has 6 heteroatoms. The molecule has 1 aliphatic carbocycles. The number of methoxy groups -OCH3 is 1. The lowest BCUT2D eigenvalue weighted by atomic mass is 9.77. The second kappa shape index (κ2) is 6.04. The largest absolute Gasteiger partial charge is 0.469 e. The van der Waals surface area contributed by atoms with Gasteiger partial charge in [-0.2, -0.15) is 0 Å². The normalized spacial score (nSPS) is 22.1. The van der Waals surface area contributed by atoms with Crippen molar-refractivity contribution in [1.82, 2.24) is 5.32 Å². The molecule has 0 heterocycles. The number of hydrogen-bond acceptors (Lipinski definition) is 5. The smallest absolute Gasteiger partial charge is 0.407 e. The number of rotatable bonds is 4. The molecule has 19 heavy (non-hydrogen) atoms. The van der Waals surface area contributed by atoms with Gasteiger partial charge in [-0.15, -0.1) is 0 Å². The Bertz CT molecular complexity index is 366. The first-order chi connectivity index (χ1) is 8.71. The molecule has 0 atom stereocenters. The molecule has 0 aliphatic heterocycles. The second-order valence-corrected chi connectivity index (χ2v) is 5.73. The first-order valence-corrected chi connectivity index (χ1v) is 6.30. The molecule has 1 fully saturated rings. The van der Waals surface area contributed by atoms with Crippen LogP contribution in [0.4, 0.5) is 4.79 Å². The van der Waals surface area contributed by atoms with Crippen LogP contribution in [0.2, 0.25) is 0 Å². The molecule has 0 unspecified atom stereocenters. The van der Waals surface area contributed by atoms with Crippen LogP contribution in [0.1, 0.15) is 40.0 Å². The third kappa shape index (κ3) is 5.28. The van der Waals surface area contributed by atoms with Crippen LogP contribution in [0.5, 0.6) is 0 Å². The fraction of sp³-hybridized carbons (Fsp3) is 0.769. The van der Waals surface area contributed by atoms with Crippen LogP contribution in [0.3, 0.4) is 0 Å². The average Bonchev–Trinajstić information content (AvgIpc) is 2.19. The number of nitrogens with one attached hydrogen (secondary N) is 1. The Morgan fingerprint density at radius 3 is 2.26 bits per heavy atom. The molecule has 0 radical (unpaired) electrons. The Hall–Kier alpha value is -1.59. The van der Waals surface area contributed by atoms with E-state index in [1.807, 2.05) is 0 Å². The van der Waals surface area contributed by atoms with Gasteiger partial charge < -0.3 is 14.8 Å². The van der Waals surface area contributed by atoms with Gasteiger partial charge in [0.25, 0.3) is 0 Å². The summed E-state index contributed by atoms with van der Waals surface area (Å²) >= 11 is 0. The molecule has 0 aromatic carbocycles. The summed E-state index contributed by atoms with van der Waals surface area (Å²) in [5.74, 6) is -0.818. The Kier molecular flexibility index (Phi) is 4.91. The fourth-order valence-electron chi connectivity index (χ4n) is 1.83. The Labute approximate surface area is 112 Å². The van der Waals surface area contributed by atoms with Crippen molar-refractivity contribution in [2.24, 2.45) is 5.92 Å². The van der Waals surface area contributed by atoms with Crippen molar-refractivity contribution in [3.63, 3.8) is 0 Å². The van der Waals surface area contributed by atoms with Gasteiger partial charge in [-0.25, -0.2) is 4.79 Å². The molecular formula is C13H21NO5. The highest BCUT2D eigenvalue weighted by Crippen LogP contribution is 2.29. The van der Waals surface area contributed by atoms with Gasteiger partial charge in [0.05, 0.1) is 7.11 Å². The van der Waals surface area contributed by atoms with Crippen LogP contribution in [0.25, 0.3) is 0 Å². The molecule has 0 saturated heterocycles. The van der Waals surface area contributed by atoms with Gasteiger partial charge in [0.1, 0.15) is 17.8 Å². The molecule has 0 spiro atoms. The summed E-state index contributed by atoms with van der Waals surface area (Å²) < 4.78 is 9.55. The lowest BCUT2D eigenvalue weighted by Crippen LogP contribution is -2.48. The molecule has 108 valence electrons. The summed E-state index contributed by atoms with van der Waals surface area (Å²) in [6.45, 7) is 5.36. The monoisotopic (exact) mass is 271 g/mol. The van der Waals surface area contributed by atoms with E-state index in [1.165, 1.54) is 7.11 Å². The van der Waals surface area contributed by atoms with E-state index < -0.39 is 17.7 Å². The number of carbonyl (C=O) groups is 3. The highest BCUT2D eigenvalue weighted by atomic mass is 16.6. The molecule has 0 aromatic heterocycles. The maximum absolute atomic E-state index is 11.6. The quantitative estimate of drug-likeness (QED) is 0.617. The van der Waals surface area contributed by atoms with Crippen molar-refractivity contribution < 1.29 is 23.9 Å². The zero-order chi connectivity index (χ0) is 14.6. The molecule has 1 rings (SSSR count). The minimum absolute atomic E-state index is 0.0542. The SMILES string of the molecule is COC(=O)CC(=O)[C@H]1C[C@@H](NC(=O)OC(C)(C)C)C1. The van der Waals surface area contributed by atoms with E-state index in [0.29, 0.717) is 12.8 Å². The van der Waals surface area contributed by atoms with Crippen molar-refractivity contribution in [2.75, 3.05) is 7.11 Å². The highest BCUT2D eigenvalue weighted by molar-refractivity contribution is 5.97. The van der Waals surface area contributed by atoms with Crippen molar-refractivity contribution in [2.45, 2.75) is 51.7 Å². The Balaban J connectivity index is 2.25. The summed E-state index contributed by atoms with van der Waals surface area (Å²) in [7, 11) is 1.25. The van der Waals surface area contributed by atoms with E-state index in [9.17, 15) is 14.4 Å². The van der Waals surface area contributed by atoms with Crippen LogP contribution in [0, 0.1) is 5.92 Å². The van der Waals surface area contributed by atoms with Crippen LogP contribution in [0.15, 0.2) is 0 Å². The Morgan fingerprint density at radius 1 is 1.21 bits per heavy atom. The van der Waals surface area contributed by atoms with E-state index >= 15 is 0 Å². The van der Waals surface area contributed by atoms with Gasteiger partial charge in [0.2, 0.25) is 0 Å².